The monoisotopic (exact) mass is 266 g/mol. The number of benzene rings is 1. The van der Waals surface area contributed by atoms with Crippen LogP contribution >= 0.6 is 0 Å². The summed E-state index contributed by atoms with van der Waals surface area (Å²) < 4.78 is 10.4. The Morgan fingerprint density at radius 1 is 1.37 bits per heavy atom. The summed E-state index contributed by atoms with van der Waals surface area (Å²) in [6, 6.07) is 5.38. The van der Waals surface area contributed by atoms with Crippen LogP contribution in [-0.2, 0) is 9.53 Å². The smallest absolute Gasteiger partial charge is 0.326 e. The first kappa shape index (κ1) is 15.1. The number of methoxy groups -OCH3 is 1. The highest BCUT2D eigenvalue weighted by atomic mass is 16.6. The molecule has 0 atom stereocenters. The van der Waals surface area contributed by atoms with Gasteiger partial charge in [-0.05, 0) is 32.9 Å². The molecule has 0 radical (unpaired) electrons. The van der Waals surface area contributed by atoms with Crippen LogP contribution in [0.25, 0.3) is 0 Å². The molecule has 0 aliphatic rings. The molecule has 106 valence electrons. The first-order valence-corrected chi connectivity index (χ1v) is 6.09. The van der Waals surface area contributed by atoms with Crippen molar-refractivity contribution in [2.45, 2.75) is 26.4 Å². The largest absolute Gasteiger partial charge is 0.495 e. The summed E-state index contributed by atoms with van der Waals surface area (Å²) >= 11 is 0. The van der Waals surface area contributed by atoms with Gasteiger partial charge in [0.2, 0.25) is 0 Å². The van der Waals surface area contributed by atoms with Crippen molar-refractivity contribution in [1.82, 2.24) is 0 Å². The molecule has 19 heavy (non-hydrogen) atoms. The SMILES string of the molecule is COc1cc(N(C)CC(=O)OC(C)(C)C)ccc1N. The number of nitrogen functional groups attached to an aromatic ring is 1. The summed E-state index contributed by atoms with van der Waals surface area (Å²) in [4.78, 5) is 13.5. The number of carbonyl (C=O) groups is 1. The highest BCUT2D eigenvalue weighted by Gasteiger charge is 2.18. The normalized spacial score (nSPS) is 11.0. The van der Waals surface area contributed by atoms with Gasteiger partial charge in [-0.2, -0.15) is 0 Å². The molecule has 0 aliphatic heterocycles. The third-order valence-electron chi connectivity index (χ3n) is 2.44. The van der Waals surface area contributed by atoms with Gasteiger partial charge in [-0.15, -0.1) is 0 Å². The topological polar surface area (TPSA) is 64.8 Å². The van der Waals surface area contributed by atoms with Gasteiger partial charge in [0, 0.05) is 18.8 Å². The molecule has 0 aliphatic carbocycles. The molecule has 0 spiro atoms. The third-order valence-corrected chi connectivity index (χ3v) is 2.44. The summed E-state index contributed by atoms with van der Waals surface area (Å²) in [6.07, 6.45) is 0. The molecular weight excluding hydrogens is 244 g/mol. The van der Waals surface area contributed by atoms with Crippen LogP contribution in [-0.4, -0.2) is 32.3 Å². The van der Waals surface area contributed by atoms with Crippen LogP contribution in [0.4, 0.5) is 11.4 Å². The van der Waals surface area contributed by atoms with E-state index in [0.29, 0.717) is 11.4 Å². The molecule has 0 heterocycles. The minimum atomic E-state index is -0.475. The first-order valence-electron chi connectivity index (χ1n) is 6.09. The average molecular weight is 266 g/mol. The van der Waals surface area contributed by atoms with Crippen LogP contribution in [0.1, 0.15) is 20.8 Å². The molecule has 2 N–H and O–H groups in total. The molecule has 0 amide bonds. The molecule has 5 heteroatoms. The zero-order chi connectivity index (χ0) is 14.6. The fourth-order valence-corrected chi connectivity index (χ4v) is 1.60. The molecule has 1 aromatic carbocycles. The van der Waals surface area contributed by atoms with Gasteiger partial charge in [0.25, 0.3) is 0 Å². The Hall–Kier alpha value is -1.91. The van der Waals surface area contributed by atoms with Crippen molar-refractivity contribution in [3.63, 3.8) is 0 Å². The number of nitrogens with two attached hydrogens (primary N) is 1. The number of carbonyl (C=O) groups excluding carboxylic acids is 1. The standard InChI is InChI=1S/C14H22N2O3/c1-14(2,3)19-13(17)9-16(4)10-6-7-11(15)12(8-10)18-5/h6-8H,9,15H2,1-5H3. The van der Waals surface area contributed by atoms with Gasteiger partial charge in [-0.1, -0.05) is 0 Å². The van der Waals surface area contributed by atoms with Gasteiger partial charge < -0.3 is 20.1 Å². The molecule has 0 saturated carbocycles. The van der Waals surface area contributed by atoms with E-state index in [1.54, 1.807) is 24.1 Å². The predicted octanol–water partition coefficient (Wildman–Crippen LogP) is 2.06. The predicted molar refractivity (Wildman–Crippen MR) is 76.5 cm³/mol. The second-order valence-corrected chi connectivity index (χ2v) is 5.37. The summed E-state index contributed by atoms with van der Waals surface area (Å²) in [5.74, 6) is 0.319. The Morgan fingerprint density at radius 3 is 2.53 bits per heavy atom. The van der Waals surface area contributed by atoms with Gasteiger partial charge >= 0.3 is 5.97 Å². The summed E-state index contributed by atoms with van der Waals surface area (Å²) in [5.41, 5.74) is 6.68. The second kappa shape index (κ2) is 5.82. The lowest BCUT2D eigenvalue weighted by molar-refractivity contribution is -0.152. The molecule has 1 aromatic rings. The van der Waals surface area contributed by atoms with Crippen LogP contribution in [0.2, 0.25) is 0 Å². The van der Waals surface area contributed by atoms with Crippen molar-refractivity contribution < 1.29 is 14.3 Å². The number of ether oxygens (including phenoxy) is 2. The van der Waals surface area contributed by atoms with Gasteiger partial charge in [-0.25, -0.2) is 0 Å². The van der Waals surface area contributed by atoms with Crippen LogP contribution < -0.4 is 15.4 Å². The van der Waals surface area contributed by atoms with Crippen molar-refractivity contribution in [2.75, 3.05) is 31.3 Å². The maximum atomic E-state index is 11.7. The second-order valence-electron chi connectivity index (χ2n) is 5.37. The van der Waals surface area contributed by atoms with E-state index in [4.69, 9.17) is 15.2 Å². The molecule has 1 rings (SSSR count). The highest BCUT2D eigenvalue weighted by molar-refractivity contribution is 5.76. The van der Waals surface area contributed by atoms with Crippen molar-refractivity contribution in [3.8, 4) is 5.75 Å². The first-order chi connectivity index (χ1) is 8.73. The average Bonchev–Trinajstić information content (AvgIpc) is 2.26. The van der Waals surface area contributed by atoms with E-state index >= 15 is 0 Å². The Kier molecular flexibility index (Phi) is 4.64. The lowest BCUT2D eigenvalue weighted by Crippen LogP contribution is -2.32. The van der Waals surface area contributed by atoms with Gasteiger partial charge in [0.15, 0.2) is 0 Å². The number of hydrogen-bond acceptors (Lipinski definition) is 5. The van der Waals surface area contributed by atoms with Crippen molar-refractivity contribution in [1.29, 1.82) is 0 Å². The number of esters is 1. The van der Waals surface area contributed by atoms with Gasteiger partial charge in [-0.3, -0.25) is 4.79 Å². The number of anilines is 2. The molecule has 0 saturated heterocycles. The van der Waals surface area contributed by atoms with Crippen LogP contribution in [0.15, 0.2) is 18.2 Å². The minimum Gasteiger partial charge on any atom is -0.495 e. The summed E-state index contributed by atoms with van der Waals surface area (Å²) in [7, 11) is 3.37. The lowest BCUT2D eigenvalue weighted by atomic mass is 10.2. The summed E-state index contributed by atoms with van der Waals surface area (Å²) in [5, 5.41) is 0. The minimum absolute atomic E-state index is 0.171. The fraction of sp³-hybridized carbons (Fsp3) is 0.500. The van der Waals surface area contributed by atoms with E-state index in [-0.39, 0.29) is 12.5 Å². The highest BCUT2D eigenvalue weighted by Crippen LogP contribution is 2.26. The van der Waals surface area contributed by atoms with Gasteiger partial charge in [0.1, 0.15) is 17.9 Å². The van der Waals surface area contributed by atoms with Crippen LogP contribution in [0.5, 0.6) is 5.75 Å². The Morgan fingerprint density at radius 2 is 2.00 bits per heavy atom. The van der Waals surface area contributed by atoms with E-state index in [0.717, 1.165) is 5.69 Å². The maximum Gasteiger partial charge on any atom is 0.326 e. The zero-order valence-corrected chi connectivity index (χ0v) is 12.2. The molecule has 0 bridgehead atoms. The van der Waals surface area contributed by atoms with Crippen molar-refractivity contribution in [3.05, 3.63) is 18.2 Å². The third kappa shape index (κ3) is 4.69. The van der Waals surface area contributed by atoms with E-state index in [9.17, 15) is 4.79 Å². The fourth-order valence-electron chi connectivity index (χ4n) is 1.60. The number of nitrogens with zero attached hydrogens (tertiary/aromatic N) is 1. The molecular formula is C14H22N2O3. The van der Waals surface area contributed by atoms with Crippen molar-refractivity contribution in [2.24, 2.45) is 0 Å². The number of rotatable bonds is 4. The van der Waals surface area contributed by atoms with Crippen LogP contribution in [0, 0.1) is 0 Å². The number of likely N-dealkylation sites (N-methyl/N-ethyl adjacent to an activating group) is 1. The summed E-state index contributed by atoms with van der Waals surface area (Å²) in [6.45, 7) is 5.70. The van der Waals surface area contributed by atoms with Crippen LogP contribution in [0.3, 0.4) is 0 Å². The molecule has 5 nitrogen and oxygen atoms in total. The number of hydrogen-bond donors (Lipinski definition) is 1. The Labute approximate surface area is 114 Å². The molecule has 0 unspecified atom stereocenters. The Balaban J connectivity index is 2.73. The van der Waals surface area contributed by atoms with E-state index in [1.807, 2.05) is 33.9 Å². The lowest BCUT2D eigenvalue weighted by Gasteiger charge is -2.24. The maximum absolute atomic E-state index is 11.7. The Bertz CT molecular complexity index is 452. The van der Waals surface area contributed by atoms with Gasteiger partial charge in [0.05, 0.1) is 12.8 Å². The van der Waals surface area contributed by atoms with Crippen molar-refractivity contribution >= 4 is 17.3 Å². The zero-order valence-electron chi connectivity index (χ0n) is 12.2. The van der Waals surface area contributed by atoms with E-state index in [1.165, 1.54) is 0 Å². The van der Waals surface area contributed by atoms with E-state index < -0.39 is 5.60 Å². The molecule has 0 fully saturated rings. The quantitative estimate of drug-likeness (QED) is 0.667. The molecule has 0 aromatic heterocycles. The van der Waals surface area contributed by atoms with E-state index in [2.05, 4.69) is 0 Å².